The molecule has 45 heavy (non-hydrogen) atoms. The number of benzene rings is 4. The fraction of sp³-hybridized carbons (Fsp3) is 0.129. The smallest absolute Gasteiger partial charge is 0.417 e. The Morgan fingerprint density at radius 1 is 0.933 bits per heavy atom. The van der Waals surface area contributed by atoms with Crippen LogP contribution in [0.2, 0.25) is 5.02 Å². The van der Waals surface area contributed by atoms with E-state index in [4.69, 9.17) is 16.3 Å². The van der Waals surface area contributed by atoms with Gasteiger partial charge in [-0.05, 0) is 79.2 Å². The maximum atomic E-state index is 13.6. The highest BCUT2D eigenvalue weighted by Gasteiger charge is 2.35. The number of nitrogens with one attached hydrogen (secondary N) is 2. The van der Waals surface area contributed by atoms with Gasteiger partial charge in [-0.3, -0.25) is 13.9 Å². The number of rotatable bonds is 11. The van der Waals surface area contributed by atoms with Gasteiger partial charge in [-0.1, -0.05) is 47.5 Å². The maximum Gasteiger partial charge on any atom is 0.417 e. The molecule has 4 rings (SSSR count). The third-order valence-electron chi connectivity index (χ3n) is 6.15. The molecule has 0 heterocycles. The summed E-state index contributed by atoms with van der Waals surface area (Å²) >= 11 is 5.73. The molecule has 0 aliphatic heterocycles. The SMILES string of the molecule is Cc1ccc(S(=O)(=O)N(CC(=O)N/N=C\c2ccc(OCC(=O)Nc3ccccc3)cc2)c2ccc(Cl)c(C(F)(F)F)c2)cc1. The number of carbonyl (C=O) groups excluding carboxylic acids is 2. The summed E-state index contributed by atoms with van der Waals surface area (Å²) in [5.74, 6) is -0.867. The predicted octanol–water partition coefficient (Wildman–Crippen LogP) is 6.03. The van der Waals surface area contributed by atoms with Gasteiger partial charge in [0.2, 0.25) is 0 Å². The number of hydrogen-bond donors (Lipinski definition) is 2. The number of aryl methyl sites for hydroxylation is 1. The van der Waals surface area contributed by atoms with E-state index in [2.05, 4.69) is 15.8 Å². The number of hydrogen-bond acceptors (Lipinski definition) is 6. The van der Waals surface area contributed by atoms with Crippen LogP contribution >= 0.6 is 11.6 Å². The Morgan fingerprint density at radius 2 is 1.60 bits per heavy atom. The average molecular weight is 659 g/mol. The Bertz CT molecular complexity index is 1790. The van der Waals surface area contributed by atoms with Crippen LogP contribution in [-0.4, -0.2) is 39.6 Å². The zero-order valence-electron chi connectivity index (χ0n) is 23.6. The molecule has 0 aromatic heterocycles. The Hall–Kier alpha value is -4.88. The summed E-state index contributed by atoms with van der Waals surface area (Å²) in [4.78, 5) is 24.6. The Morgan fingerprint density at radius 3 is 2.24 bits per heavy atom. The Labute approximate surface area is 262 Å². The number of sulfonamides is 1. The number of ether oxygens (including phenoxy) is 1. The van der Waals surface area contributed by atoms with E-state index >= 15 is 0 Å². The average Bonchev–Trinajstić information content (AvgIpc) is 3.00. The molecular weight excluding hydrogens is 633 g/mol. The first-order valence-electron chi connectivity index (χ1n) is 13.2. The highest BCUT2D eigenvalue weighted by Crippen LogP contribution is 2.38. The fourth-order valence-electron chi connectivity index (χ4n) is 3.90. The first-order valence-corrected chi connectivity index (χ1v) is 15.0. The summed E-state index contributed by atoms with van der Waals surface area (Å²) in [5, 5.41) is 5.90. The minimum atomic E-state index is -4.87. The predicted molar refractivity (Wildman–Crippen MR) is 165 cm³/mol. The molecule has 234 valence electrons. The molecule has 0 atom stereocenters. The molecule has 0 spiro atoms. The first-order chi connectivity index (χ1) is 21.3. The largest absolute Gasteiger partial charge is 0.484 e. The molecule has 4 aromatic carbocycles. The number of amides is 2. The second kappa shape index (κ2) is 14.3. The van der Waals surface area contributed by atoms with E-state index < -0.39 is 44.9 Å². The van der Waals surface area contributed by atoms with E-state index in [-0.39, 0.29) is 17.4 Å². The monoisotopic (exact) mass is 658 g/mol. The third kappa shape index (κ3) is 9.06. The Kier molecular flexibility index (Phi) is 10.5. The second-order valence-corrected chi connectivity index (χ2v) is 11.8. The second-order valence-electron chi connectivity index (χ2n) is 9.55. The fourth-order valence-corrected chi connectivity index (χ4v) is 5.54. The van der Waals surface area contributed by atoms with Gasteiger partial charge in [0.15, 0.2) is 6.61 Å². The highest BCUT2D eigenvalue weighted by atomic mass is 35.5. The number of para-hydroxylation sites is 1. The van der Waals surface area contributed by atoms with Crippen LogP contribution in [0.5, 0.6) is 5.75 Å². The lowest BCUT2D eigenvalue weighted by molar-refractivity contribution is -0.137. The summed E-state index contributed by atoms with van der Waals surface area (Å²) in [6.07, 6.45) is -3.60. The molecule has 0 aliphatic carbocycles. The molecular formula is C31H26ClF3N4O5S. The molecule has 0 saturated carbocycles. The lowest BCUT2D eigenvalue weighted by Gasteiger charge is -2.25. The van der Waals surface area contributed by atoms with Gasteiger partial charge >= 0.3 is 6.18 Å². The lowest BCUT2D eigenvalue weighted by Crippen LogP contribution is -2.39. The van der Waals surface area contributed by atoms with Crippen molar-refractivity contribution in [2.75, 3.05) is 22.8 Å². The molecule has 0 saturated heterocycles. The van der Waals surface area contributed by atoms with Crippen molar-refractivity contribution in [3.05, 3.63) is 119 Å². The number of halogens is 4. The molecule has 2 amide bonds. The van der Waals surface area contributed by atoms with Gasteiger partial charge < -0.3 is 10.1 Å². The standard InChI is InChI=1S/C31H26ClF3N4O5S/c1-21-7-14-26(15-8-21)45(42,43)39(24-11-16-28(32)27(17-24)31(33,34)35)19-29(40)38-36-18-22-9-12-25(13-10-22)44-20-30(41)37-23-5-3-2-4-6-23/h2-18H,19-20H2,1H3,(H,37,41)(H,38,40)/b36-18-. The van der Waals surface area contributed by atoms with Crippen molar-refractivity contribution in [2.45, 2.75) is 18.0 Å². The van der Waals surface area contributed by atoms with Crippen LogP contribution in [0, 0.1) is 6.92 Å². The molecule has 0 radical (unpaired) electrons. The molecule has 4 aromatic rings. The van der Waals surface area contributed by atoms with Crippen molar-refractivity contribution < 1.29 is 35.9 Å². The van der Waals surface area contributed by atoms with Gasteiger partial charge in [-0.25, -0.2) is 13.8 Å². The van der Waals surface area contributed by atoms with Crippen LogP contribution in [0.25, 0.3) is 0 Å². The van der Waals surface area contributed by atoms with Gasteiger partial charge in [0.05, 0.1) is 27.4 Å². The zero-order valence-corrected chi connectivity index (χ0v) is 25.2. The van der Waals surface area contributed by atoms with Crippen molar-refractivity contribution >= 4 is 51.0 Å². The topological polar surface area (TPSA) is 117 Å². The molecule has 2 N–H and O–H groups in total. The summed E-state index contributed by atoms with van der Waals surface area (Å²) in [5.41, 5.74) is 2.43. The molecule has 0 fully saturated rings. The summed E-state index contributed by atoms with van der Waals surface area (Å²) < 4.78 is 73.7. The van der Waals surface area contributed by atoms with E-state index in [9.17, 15) is 31.2 Å². The van der Waals surface area contributed by atoms with Crippen molar-refractivity contribution in [3.8, 4) is 5.75 Å². The molecule has 0 unspecified atom stereocenters. The molecule has 0 aliphatic rings. The van der Waals surface area contributed by atoms with Crippen LogP contribution < -0.4 is 19.8 Å². The van der Waals surface area contributed by atoms with E-state index in [0.29, 0.717) is 27.4 Å². The van der Waals surface area contributed by atoms with Crippen molar-refractivity contribution in [1.29, 1.82) is 0 Å². The minimum Gasteiger partial charge on any atom is -0.484 e. The van der Waals surface area contributed by atoms with Gasteiger partial charge in [-0.2, -0.15) is 18.3 Å². The zero-order chi connectivity index (χ0) is 32.6. The minimum absolute atomic E-state index is 0.224. The van der Waals surface area contributed by atoms with Gasteiger partial charge in [-0.15, -0.1) is 0 Å². The third-order valence-corrected chi connectivity index (χ3v) is 8.27. The maximum absolute atomic E-state index is 13.6. The van der Waals surface area contributed by atoms with Gasteiger partial charge in [0.1, 0.15) is 12.3 Å². The number of hydrazone groups is 1. The lowest BCUT2D eigenvalue weighted by atomic mass is 10.2. The normalized spacial score (nSPS) is 11.7. The summed E-state index contributed by atoms with van der Waals surface area (Å²) in [7, 11) is -4.48. The van der Waals surface area contributed by atoms with Crippen molar-refractivity contribution in [3.63, 3.8) is 0 Å². The van der Waals surface area contributed by atoms with Gasteiger partial charge in [0, 0.05) is 5.69 Å². The summed E-state index contributed by atoms with van der Waals surface area (Å²) in [6.45, 7) is 0.628. The van der Waals surface area contributed by atoms with Crippen LogP contribution in [0.4, 0.5) is 24.5 Å². The highest BCUT2D eigenvalue weighted by molar-refractivity contribution is 7.92. The summed E-state index contributed by atoms with van der Waals surface area (Å²) in [6, 6.07) is 23.4. The van der Waals surface area contributed by atoms with Crippen molar-refractivity contribution in [1.82, 2.24) is 5.43 Å². The molecule has 9 nitrogen and oxygen atoms in total. The van der Waals surface area contributed by atoms with Crippen LogP contribution in [-0.2, 0) is 25.8 Å². The molecule has 14 heteroatoms. The number of anilines is 2. The number of alkyl halides is 3. The van der Waals surface area contributed by atoms with Crippen LogP contribution in [0.3, 0.4) is 0 Å². The van der Waals surface area contributed by atoms with E-state index in [1.807, 2.05) is 6.07 Å². The Balaban J connectivity index is 1.43. The number of nitrogens with zero attached hydrogens (tertiary/aromatic N) is 2. The van der Waals surface area contributed by atoms with E-state index in [1.54, 1.807) is 55.5 Å². The van der Waals surface area contributed by atoms with Gasteiger partial charge in [0.25, 0.3) is 21.8 Å². The van der Waals surface area contributed by atoms with E-state index in [0.717, 1.165) is 17.7 Å². The molecule has 0 bridgehead atoms. The number of carbonyl (C=O) groups is 2. The van der Waals surface area contributed by atoms with Crippen molar-refractivity contribution in [2.24, 2.45) is 5.10 Å². The quantitative estimate of drug-likeness (QED) is 0.151. The van der Waals surface area contributed by atoms with E-state index in [1.165, 1.54) is 30.5 Å². The first kappa shape index (κ1) is 33.0. The van der Waals surface area contributed by atoms with Crippen LogP contribution in [0.1, 0.15) is 16.7 Å². The van der Waals surface area contributed by atoms with Crippen LogP contribution in [0.15, 0.2) is 107 Å².